The Kier molecular flexibility index (Phi) is 3.86. The van der Waals surface area contributed by atoms with Gasteiger partial charge in [0.25, 0.3) is 5.91 Å². The normalized spacial score (nSPS) is 19.2. The highest BCUT2D eigenvalue weighted by Crippen LogP contribution is 2.21. The van der Waals surface area contributed by atoms with Crippen LogP contribution in [0.2, 0.25) is 5.02 Å². The van der Waals surface area contributed by atoms with E-state index in [1.165, 1.54) is 12.1 Å². The number of rotatable bonds is 3. The summed E-state index contributed by atoms with van der Waals surface area (Å²) in [4.78, 5) is 11.8. The fourth-order valence-corrected chi connectivity index (χ4v) is 2.08. The van der Waals surface area contributed by atoms with Gasteiger partial charge in [0, 0.05) is 11.6 Å². The molecule has 0 aromatic heterocycles. The molecule has 0 bridgehead atoms. The van der Waals surface area contributed by atoms with Gasteiger partial charge in [0.15, 0.2) is 0 Å². The Balaban J connectivity index is 1.94. The van der Waals surface area contributed by atoms with Crippen LogP contribution in [-0.2, 0) is 0 Å². The lowest BCUT2D eigenvalue weighted by atomic mass is 10.1. The Hall–Kier alpha value is -1.26. The second-order valence-corrected chi connectivity index (χ2v) is 4.67. The van der Waals surface area contributed by atoms with Crippen LogP contribution in [0.5, 0.6) is 5.75 Å². The Morgan fingerprint density at radius 2 is 2.41 bits per heavy atom. The predicted octanol–water partition coefficient (Wildman–Crippen LogP) is 1.38. The largest absolute Gasteiger partial charge is 0.507 e. The SMILES string of the molecule is O=C(NCC1CCNC1)c1ccc(Cl)cc1O. The van der Waals surface area contributed by atoms with Crippen LogP contribution in [0.4, 0.5) is 0 Å². The van der Waals surface area contributed by atoms with E-state index in [2.05, 4.69) is 10.6 Å². The van der Waals surface area contributed by atoms with Crippen molar-refractivity contribution in [1.29, 1.82) is 0 Å². The molecule has 1 aromatic carbocycles. The van der Waals surface area contributed by atoms with Crippen molar-refractivity contribution in [1.82, 2.24) is 10.6 Å². The third-order valence-electron chi connectivity index (χ3n) is 2.92. The van der Waals surface area contributed by atoms with Gasteiger partial charge in [-0.1, -0.05) is 11.6 Å². The minimum atomic E-state index is -0.258. The average molecular weight is 255 g/mol. The molecular weight excluding hydrogens is 240 g/mol. The molecule has 3 N–H and O–H groups in total. The molecular formula is C12H15ClN2O2. The molecule has 1 unspecified atom stereocenters. The summed E-state index contributed by atoms with van der Waals surface area (Å²) in [5, 5.41) is 16.1. The second-order valence-electron chi connectivity index (χ2n) is 4.23. The molecule has 1 atom stereocenters. The Labute approximate surface area is 105 Å². The smallest absolute Gasteiger partial charge is 0.255 e. The number of phenols is 1. The molecule has 1 aliphatic rings. The first-order valence-electron chi connectivity index (χ1n) is 5.64. The van der Waals surface area contributed by atoms with Crippen molar-refractivity contribution in [2.24, 2.45) is 5.92 Å². The van der Waals surface area contributed by atoms with Crippen molar-refractivity contribution >= 4 is 17.5 Å². The molecule has 17 heavy (non-hydrogen) atoms. The van der Waals surface area contributed by atoms with E-state index in [1.807, 2.05) is 0 Å². The van der Waals surface area contributed by atoms with Crippen molar-refractivity contribution in [3.05, 3.63) is 28.8 Å². The maximum atomic E-state index is 11.8. The number of nitrogens with one attached hydrogen (secondary N) is 2. The van der Waals surface area contributed by atoms with E-state index < -0.39 is 0 Å². The summed E-state index contributed by atoms with van der Waals surface area (Å²) in [7, 11) is 0. The van der Waals surface area contributed by atoms with Crippen LogP contribution in [-0.4, -0.2) is 30.6 Å². The Morgan fingerprint density at radius 1 is 1.59 bits per heavy atom. The molecule has 0 aliphatic carbocycles. The standard InChI is InChI=1S/C12H15ClN2O2/c13-9-1-2-10(11(16)5-9)12(17)15-7-8-3-4-14-6-8/h1-2,5,8,14,16H,3-4,6-7H2,(H,15,17). The minimum Gasteiger partial charge on any atom is -0.507 e. The van der Waals surface area contributed by atoms with Crippen LogP contribution in [0.25, 0.3) is 0 Å². The van der Waals surface area contributed by atoms with E-state index in [4.69, 9.17) is 11.6 Å². The summed E-state index contributed by atoms with van der Waals surface area (Å²) in [6, 6.07) is 4.49. The third kappa shape index (κ3) is 3.11. The lowest BCUT2D eigenvalue weighted by Gasteiger charge is -2.10. The quantitative estimate of drug-likeness (QED) is 0.764. The first kappa shape index (κ1) is 12.2. The maximum Gasteiger partial charge on any atom is 0.255 e. The molecule has 5 heteroatoms. The Morgan fingerprint density at radius 3 is 3.06 bits per heavy atom. The van der Waals surface area contributed by atoms with Gasteiger partial charge in [-0.05, 0) is 43.6 Å². The molecule has 0 spiro atoms. The Bertz CT molecular complexity index is 417. The number of phenolic OH excluding ortho intramolecular Hbond substituents is 1. The second kappa shape index (κ2) is 5.38. The van der Waals surface area contributed by atoms with E-state index in [1.54, 1.807) is 6.07 Å². The van der Waals surface area contributed by atoms with Crippen molar-refractivity contribution in [3.8, 4) is 5.75 Å². The van der Waals surface area contributed by atoms with Gasteiger partial charge in [-0.15, -0.1) is 0 Å². The van der Waals surface area contributed by atoms with Gasteiger partial charge in [-0.3, -0.25) is 4.79 Å². The van der Waals surface area contributed by atoms with E-state index in [-0.39, 0.29) is 17.2 Å². The van der Waals surface area contributed by atoms with Gasteiger partial charge >= 0.3 is 0 Å². The fraction of sp³-hybridized carbons (Fsp3) is 0.417. The molecule has 4 nitrogen and oxygen atoms in total. The van der Waals surface area contributed by atoms with Crippen LogP contribution >= 0.6 is 11.6 Å². The van der Waals surface area contributed by atoms with Crippen LogP contribution in [0, 0.1) is 5.92 Å². The van der Waals surface area contributed by atoms with Gasteiger partial charge in [-0.25, -0.2) is 0 Å². The summed E-state index contributed by atoms with van der Waals surface area (Å²) in [5.41, 5.74) is 0.264. The summed E-state index contributed by atoms with van der Waals surface area (Å²) in [6.07, 6.45) is 1.08. The highest BCUT2D eigenvalue weighted by molar-refractivity contribution is 6.30. The fourth-order valence-electron chi connectivity index (χ4n) is 1.92. The number of aromatic hydroxyl groups is 1. The van der Waals surface area contributed by atoms with Gasteiger partial charge in [0.1, 0.15) is 5.75 Å². The molecule has 1 heterocycles. The van der Waals surface area contributed by atoms with Crippen molar-refractivity contribution in [3.63, 3.8) is 0 Å². The number of carbonyl (C=O) groups is 1. The zero-order chi connectivity index (χ0) is 12.3. The van der Waals surface area contributed by atoms with Gasteiger partial charge in [0.05, 0.1) is 5.56 Å². The molecule has 0 radical (unpaired) electrons. The topological polar surface area (TPSA) is 61.4 Å². The molecule has 92 valence electrons. The van der Waals surface area contributed by atoms with Gasteiger partial charge in [0.2, 0.25) is 0 Å². The predicted molar refractivity (Wildman–Crippen MR) is 66.4 cm³/mol. The number of halogens is 1. The number of amides is 1. The van der Waals surface area contributed by atoms with Gasteiger partial charge < -0.3 is 15.7 Å². The molecule has 1 amide bonds. The number of benzene rings is 1. The number of hydrogen-bond acceptors (Lipinski definition) is 3. The highest BCUT2D eigenvalue weighted by Gasteiger charge is 2.17. The lowest BCUT2D eigenvalue weighted by Crippen LogP contribution is -2.30. The molecule has 1 saturated heterocycles. The molecule has 1 aromatic rings. The molecule has 1 aliphatic heterocycles. The first-order valence-corrected chi connectivity index (χ1v) is 6.02. The number of hydrogen-bond donors (Lipinski definition) is 3. The molecule has 0 saturated carbocycles. The van der Waals surface area contributed by atoms with Crippen molar-refractivity contribution in [2.75, 3.05) is 19.6 Å². The summed E-state index contributed by atoms with van der Waals surface area (Å²) in [6.45, 7) is 2.58. The van der Waals surface area contributed by atoms with Crippen molar-refractivity contribution < 1.29 is 9.90 Å². The number of carbonyl (C=O) groups excluding carboxylic acids is 1. The summed E-state index contributed by atoms with van der Waals surface area (Å²) >= 11 is 5.70. The van der Waals surface area contributed by atoms with Gasteiger partial charge in [-0.2, -0.15) is 0 Å². The van der Waals surface area contributed by atoms with Crippen LogP contribution in [0.1, 0.15) is 16.8 Å². The van der Waals surface area contributed by atoms with Crippen LogP contribution in [0.15, 0.2) is 18.2 Å². The molecule has 2 rings (SSSR count). The van der Waals surface area contributed by atoms with E-state index >= 15 is 0 Å². The molecule has 1 fully saturated rings. The lowest BCUT2D eigenvalue weighted by molar-refractivity contribution is 0.0945. The van der Waals surface area contributed by atoms with E-state index in [0.29, 0.717) is 17.5 Å². The summed E-state index contributed by atoms with van der Waals surface area (Å²) in [5.74, 6) is 0.138. The first-order chi connectivity index (χ1) is 8.16. The van der Waals surface area contributed by atoms with E-state index in [9.17, 15) is 9.90 Å². The van der Waals surface area contributed by atoms with E-state index in [0.717, 1.165) is 19.5 Å². The highest BCUT2D eigenvalue weighted by atomic mass is 35.5. The van der Waals surface area contributed by atoms with Crippen molar-refractivity contribution in [2.45, 2.75) is 6.42 Å². The van der Waals surface area contributed by atoms with Crippen LogP contribution in [0.3, 0.4) is 0 Å². The maximum absolute atomic E-state index is 11.8. The average Bonchev–Trinajstić information content (AvgIpc) is 2.78. The third-order valence-corrected chi connectivity index (χ3v) is 3.15. The zero-order valence-corrected chi connectivity index (χ0v) is 10.1. The monoisotopic (exact) mass is 254 g/mol. The zero-order valence-electron chi connectivity index (χ0n) is 9.37. The summed E-state index contributed by atoms with van der Waals surface area (Å²) < 4.78 is 0. The van der Waals surface area contributed by atoms with Crippen LogP contribution < -0.4 is 10.6 Å². The minimum absolute atomic E-state index is 0.0838.